The minimum atomic E-state index is -0.324. The van der Waals surface area contributed by atoms with E-state index in [1.165, 1.54) is 11.8 Å². The van der Waals surface area contributed by atoms with Crippen LogP contribution in [-0.2, 0) is 9.59 Å². The number of ketones is 1. The van der Waals surface area contributed by atoms with Crippen molar-refractivity contribution in [1.29, 1.82) is 0 Å². The number of aliphatic hydroxyl groups is 1. The summed E-state index contributed by atoms with van der Waals surface area (Å²) in [5.74, 6) is 0.511. The standard InChI is InChI=1S/C8H9NO3S/c1-4(10)6-7(11)5-2-13-3-9(5)8(6)12/h5,10H,2-3H2,1H3/b6-4-/t5-/m1/s1. The molecule has 2 saturated heterocycles. The van der Waals surface area contributed by atoms with E-state index in [9.17, 15) is 9.59 Å². The molecule has 4 nitrogen and oxygen atoms in total. The largest absolute Gasteiger partial charge is 0.512 e. The number of carbonyl (C=O) groups is 2. The van der Waals surface area contributed by atoms with E-state index >= 15 is 0 Å². The number of nitrogens with zero attached hydrogens (tertiary/aromatic N) is 1. The Hall–Kier alpha value is -0.970. The van der Waals surface area contributed by atoms with Crippen LogP contribution in [-0.4, -0.2) is 39.4 Å². The summed E-state index contributed by atoms with van der Waals surface area (Å²) >= 11 is 1.57. The zero-order valence-corrected chi connectivity index (χ0v) is 7.93. The lowest BCUT2D eigenvalue weighted by atomic mass is 10.1. The van der Waals surface area contributed by atoms with Crippen LogP contribution in [0.15, 0.2) is 11.3 Å². The van der Waals surface area contributed by atoms with Gasteiger partial charge < -0.3 is 10.0 Å². The molecule has 2 aliphatic heterocycles. The van der Waals surface area contributed by atoms with Gasteiger partial charge in [-0.05, 0) is 6.92 Å². The summed E-state index contributed by atoms with van der Waals surface area (Å²) in [4.78, 5) is 24.6. The SMILES string of the molecule is C/C(O)=C1\C(=O)[C@H]2CSCN2C1=O. The van der Waals surface area contributed by atoms with Gasteiger partial charge in [0, 0.05) is 5.75 Å². The highest BCUT2D eigenvalue weighted by atomic mass is 32.2. The molecule has 5 heteroatoms. The summed E-state index contributed by atoms with van der Waals surface area (Å²) in [5, 5.41) is 9.15. The number of rotatable bonds is 0. The van der Waals surface area contributed by atoms with Crippen molar-refractivity contribution in [3.63, 3.8) is 0 Å². The molecule has 0 aromatic heterocycles. The van der Waals surface area contributed by atoms with Gasteiger partial charge in [0.1, 0.15) is 17.4 Å². The Morgan fingerprint density at radius 2 is 2.31 bits per heavy atom. The maximum atomic E-state index is 11.5. The predicted octanol–water partition coefficient (Wildman–Crippen LogP) is 0.303. The third kappa shape index (κ3) is 1.07. The van der Waals surface area contributed by atoms with Gasteiger partial charge in [-0.1, -0.05) is 0 Å². The van der Waals surface area contributed by atoms with Gasteiger partial charge in [0.05, 0.1) is 5.88 Å². The Morgan fingerprint density at radius 3 is 2.85 bits per heavy atom. The van der Waals surface area contributed by atoms with E-state index in [-0.39, 0.29) is 29.1 Å². The number of aliphatic hydroxyl groups excluding tert-OH is 1. The molecule has 0 spiro atoms. The van der Waals surface area contributed by atoms with Crippen molar-refractivity contribution >= 4 is 23.5 Å². The number of allylic oxidation sites excluding steroid dienone is 1. The molecule has 0 radical (unpaired) electrons. The lowest BCUT2D eigenvalue weighted by molar-refractivity contribution is -0.125. The molecule has 2 heterocycles. The first-order valence-electron chi connectivity index (χ1n) is 3.95. The minimum Gasteiger partial charge on any atom is -0.512 e. The molecule has 0 aromatic carbocycles. The van der Waals surface area contributed by atoms with Crippen LogP contribution < -0.4 is 0 Å². The van der Waals surface area contributed by atoms with Crippen LogP contribution in [0, 0.1) is 0 Å². The first-order valence-corrected chi connectivity index (χ1v) is 5.11. The van der Waals surface area contributed by atoms with Crippen molar-refractivity contribution in [1.82, 2.24) is 4.90 Å². The molecule has 1 amide bonds. The number of hydrogen-bond acceptors (Lipinski definition) is 4. The van der Waals surface area contributed by atoms with Crippen molar-refractivity contribution in [2.24, 2.45) is 0 Å². The number of hydrogen-bond donors (Lipinski definition) is 1. The van der Waals surface area contributed by atoms with Crippen LogP contribution >= 0.6 is 11.8 Å². The molecule has 1 N–H and O–H groups in total. The Labute approximate surface area is 79.6 Å². The summed E-state index contributed by atoms with van der Waals surface area (Å²) < 4.78 is 0. The summed E-state index contributed by atoms with van der Waals surface area (Å²) in [5.41, 5.74) is -0.0229. The van der Waals surface area contributed by atoms with Gasteiger partial charge in [-0.2, -0.15) is 0 Å². The molecule has 0 aromatic rings. The zero-order chi connectivity index (χ0) is 9.59. The molecular weight excluding hydrogens is 190 g/mol. The lowest BCUT2D eigenvalue weighted by Gasteiger charge is -2.09. The van der Waals surface area contributed by atoms with E-state index in [1.54, 1.807) is 11.8 Å². The van der Waals surface area contributed by atoms with Crippen molar-refractivity contribution in [3.8, 4) is 0 Å². The normalized spacial score (nSPS) is 31.2. The topological polar surface area (TPSA) is 57.6 Å². The Morgan fingerprint density at radius 1 is 1.62 bits per heavy atom. The number of thioether (sulfide) groups is 1. The second-order valence-corrected chi connectivity index (χ2v) is 4.12. The highest BCUT2D eigenvalue weighted by Crippen LogP contribution is 2.31. The molecule has 0 saturated carbocycles. The van der Waals surface area contributed by atoms with Gasteiger partial charge in [0.2, 0.25) is 0 Å². The van der Waals surface area contributed by atoms with Gasteiger partial charge in [-0.3, -0.25) is 9.59 Å². The molecule has 1 atom stereocenters. The van der Waals surface area contributed by atoms with Crippen LogP contribution in [0.3, 0.4) is 0 Å². The fourth-order valence-corrected chi connectivity index (χ4v) is 2.76. The van der Waals surface area contributed by atoms with E-state index in [1.807, 2.05) is 0 Å². The maximum absolute atomic E-state index is 11.5. The van der Waals surface area contributed by atoms with Crippen LogP contribution in [0.2, 0.25) is 0 Å². The van der Waals surface area contributed by atoms with Gasteiger partial charge in [0.25, 0.3) is 5.91 Å². The average molecular weight is 199 g/mol. The smallest absolute Gasteiger partial charge is 0.262 e. The molecule has 0 bridgehead atoms. The van der Waals surface area contributed by atoms with Crippen LogP contribution in [0.4, 0.5) is 0 Å². The number of carbonyl (C=O) groups excluding carboxylic acids is 2. The van der Waals surface area contributed by atoms with E-state index in [4.69, 9.17) is 5.11 Å². The first kappa shape index (κ1) is 8.62. The zero-order valence-electron chi connectivity index (χ0n) is 7.11. The van der Waals surface area contributed by atoms with Gasteiger partial charge in [-0.25, -0.2) is 0 Å². The summed E-state index contributed by atoms with van der Waals surface area (Å²) in [7, 11) is 0. The van der Waals surface area contributed by atoms with Gasteiger partial charge in [0.15, 0.2) is 5.78 Å². The molecule has 0 unspecified atom stereocenters. The fourth-order valence-electron chi connectivity index (χ4n) is 1.61. The highest BCUT2D eigenvalue weighted by Gasteiger charge is 2.47. The molecule has 13 heavy (non-hydrogen) atoms. The molecule has 2 rings (SSSR count). The number of Topliss-reactive ketones (excluding diaryl/α,β-unsaturated/α-hetero) is 1. The second kappa shape index (κ2) is 2.77. The van der Waals surface area contributed by atoms with Crippen LogP contribution in [0.25, 0.3) is 0 Å². The predicted molar refractivity (Wildman–Crippen MR) is 48.3 cm³/mol. The Kier molecular flexibility index (Phi) is 1.83. The maximum Gasteiger partial charge on any atom is 0.262 e. The molecule has 0 aliphatic carbocycles. The van der Waals surface area contributed by atoms with Crippen LogP contribution in [0.5, 0.6) is 0 Å². The van der Waals surface area contributed by atoms with Crippen molar-refractivity contribution in [2.75, 3.05) is 11.6 Å². The monoisotopic (exact) mass is 199 g/mol. The summed E-state index contributed by atoms with van der Waals surface area (Å²) in [6, 6.07) is -0.324. The van der Waals surface area contributed by atoms with E-state index in [0.29, 0.717) is 11.6 Å². The summed E-state index contributed by atoms with van der Waals surface area (Å²) in [6.45, 7) is 1.38. The fraction of sp³-hybridized carbons (Fsp3) is 0.500. The molecule has 2 aliphatic rings. The van der Waals surface area contributed by atoms with E-state index in [2.05, 4.69) is 0 Å². The third-order valence-electron chi connectivity index (χ3n) is 2.27. The molecular formula is C8H9NO3S. The van der Waals surface area contributed by atoms with Crippen molar-refractivity contribution in [2.45, 2.75) is 13.0 Å². The number of amides is 1. The lowest BCUT2D eigenvalue weighted by Crippen LogP contribution is -2.30. The summed E-state index contributed by atoms with van der Waals surface area (Å²) in [6.07, 6.45) is 0. The van der Waals surface area contributed by atoms with E-state index < -0.39 is 0 Å². The minimum absolute atomic E-state index is 0.0229. The highest BCUT2D eigenvalue weighted by molar-refractivity contribution is 7.99. The Bertz CT molecular complexity index is 295. The third-order valence-corrected chi connectivity index (χ3v) is 3.28. The Balaban J connectivity index is 2.43. The van der Waals surface area contributed by atoms with Gasteiger partial charge >= 0.3 is 0 Å². The molecule has 70 valence electrons. The molecule has 2 fully saturated rings. The van der Waals surface area contributed by atoms with Crippen molar-refractivity contribution < 1.29 is 14.7 Å². The van der Waals surface area contributed by atoms with Crippen molar-refractivity contribution in [3.05, 3.63) is 11.3 Å². The average Bonchev–Trinajstić information content (AvgIpc) is 2.56. The first-order chi connectivity index (χ1) is 6.13. The van der Waals surface area contributed by atoms with Crippen LogP contribution in [0.1, 0.15) is 6.92 Å². The number of fused-ring (bicyclic) bond motifs is 1. The van der Waals surface area contributed by atoms with E-state index in [0.717, 1.165) is 0 Å². The quantitative estimate of drug-likeness (QED) is 0.346. The second-order valence-electron chi connectivity index (χ2n) is 3.12. The van der Waals surface area contributed by atoms with Gasteiger partial charge in [-0.15, -0.1) is 11.8 Å².